The number of ether oxygens (including phenoxy) is 1. The van der Waals surface area contributed by atoms with E-state index in [-0.39, 0.29) is 23.8 Å². The van der Waals surface area contributed by atoms with Gasteiger partial charge in [-0.25, -0.2) is 8.78 Å². The first-order valence-electron chi connectivity index (χ1n) is 10.2. The zero-order valence-electron chi connectivity index (χ0n) is 17.4. The van der Waals surface area contributed by atoms with Gasteiger partial charge in [0.05, 0.1) is 0 Å². The highest BCUT2D eigenvalue weighted by Crippen LogP contribution is 2.40. The van der Waals surface area contributed by atoms with E-state index in [1.54, 1.807) is 6.07 Å². The zero-order chi connectivity index (χ0) is 21.0. The lowest BCUT2D eigenvalue weighted by Crippen LogP contribution is -2.16. The van der Waals surface area contributed by atoms with Gasteiger partial charge in [-0.15, -0.1) is 0 Å². The van der Waals surface area contributed by atoms with Crippen LogP contribution in [0, 0.1) is 23.5 Å². The molecule has 2 unspecified atom stereocenters. The van der Waals surface area contributed by atoms with Crippen molar-refractivity contribution in [1.29, 1.82) is 0 Å². The molecular formula is C24H31F3O. The van der Waals surface area contributed by atoms with Crippen molar-refractivity contribution in [3.8, 4) is 5.75 Å². The topological polar surface area (TPSA) is 9.23 Å². The fourth-order valence-electron chi connectivity index (χ4n) is 3.37. The van der Waals surface area contributed by atoms with Crippen molar-refractivity contribution in [2.75, 3.05) is 0 Å². The van der Waals surface area contributed by atoms with Crippen molar-refractivity contribution in [3.63, 3.8) is 0 Å². The zero-order valence-corrected chi connectivity index (χ0v) is 17.4. The van der Waals surface area contributed by atoms with Gasteiger partial charge < -0.3 is 4.74 Å². The van der Waals surface area contributed by atoms with Crippen molar-refractivity contribution in [2.24, 2.45) is 11.8 Å². The predicted molar refractivity (Wildman–Crippen MR) is 109 cm³/mol. The molecule has 0 bridgehead atoms. The summed E-state index contributed by atoms with van der Waals surface area (Å²) in [4.78, 5) is 0. The lowest BCUT2D eigenvalue weighted by atomic mass is 9.89. The molecule has 4 heteroatoms. The molecule has 1 aromatic rings. The molecule has 154 valence electrons. The average Bonchev–Trinajstić information content (AvgIpc) is 2.68. The SMILES string of the molecule is C=C1Cc2cc(CCC)c(F)c(F)c2O/C1=C(\F)C(=C)C(C)CCC(C)CC. The Kier molecular flexibility index (Phi) is 7.56. The maximum Gasteiger partial charge on any atom is 0.201 e. The molecule has 1 aliphatic heterocycles. The first-order chi connectivity index (χ1) is 13.2. The van der Waals surface area contributed by atoms with Gasteiger partial charge in [0.1, 0.15) is 0 Å². The molecule has 1 heterocycles. The van der Waals surface area contributed by atoms with Gasteiger partial charge in [0.15, 0.2) is 23.2 Å². The molecule has 28 heavy (non-hydrogen) atoms. The lowest BCUT2D eigenvalue weighted by Gasteiger charge is -2.25. The Balaban J connectivity index is 2.30. The van der Waals surface area contributed by atoms with Gasteiger partial charge in [-0.1, -0.05) is 60.1 Å². The number of allylic oxidation sites excluding steroid dienone is 3. The second kappa shape index (κ2) is 9.49. The van der Waals surface area contributed by atoms with Gasteiger partial charge in [0.2, 0.25) is 5.82 Å². The highest BCUT2D eigenvalue weighted by Gasteiger charge is 2.29. The molecule has 0 spiro atoms. The average molecular weight is 393 g/mol. The Morgan fingerprint density at radius 3 is 2.46 bits per heavy atom. The van der Waals surface area contributed by atoms with Crippen LogP contribution in [0.25, 0.3) is 0 Å². The quantitative estimate of drug-likeness (QED) is 0.442. The van der Waals surface area contributed by atoms with E-state index in [1.165, 1.54) is 0 Å². The van der Waals surface area contributed by atoms with Gasteiger partial charge in [0.25, 0.3) is 0 Å². The third-order valence-corrected chi connectivity index (χ3v) is 5.63. The smallest absolute Gasteiger partial charge is 0.201 e. The van der Waals surface area contributed by atoms with Gasteiger partial charge in [-0.05, 0) is 47.5 Å². The Morgan fingerprint density at radius 2 is 1.86 bits per heavy atom. The fraction of sp³-hybridized carbons (Fsp3) is 0.500. The number of fused-ring (bicyclic) bond motifs is 1. The number of hydrogen-bond donors (Lipinski definition) is 0. The molecule has 0 aliphatic carbocycles. The predicted octanol–water partition coefficient (Wildman–Crippen LogP) is 7.61. The summed E-state index contributed by atoms with van der Waals surface area (Å²) >= 11 is 0. The van der Waals surface area contributed by atoms with Crippen LogP contribution in [0.5, 0.6) is 5.75 Å². The summed E-state index contributed by atoms with van der Waals surface area (Å²) < 4.78 is 49.4. The number of halogens is 3. The Morgan fingerprint density at radius 1 is 1.18 bits per heavy atom. The third-order valence-electron chi connectivity index (χ3n) is 5.63. The molecule has 1 aromatic carbocycles. The van der Waals surface area contributed by atoms with Gasteiger partial charge in [0, 0.05) is 12.0 Å². The van der Waals surface area contributed by atoms with Crippen LogP contribution in [0.15, 0.2) is 42.0 Å². The van der Waals surface area contributed by atoms with Crippen molar-refractivity contribution < 1.29 is 17.9 Å². The fourth-order valence-corrected chi connectivity index (χ4v) is 3.37. The standard InChI is InChI=1S/C24H31F3O/c1-7-9-18-13-19-12-16(5)23(28-24(19)22(27)21(18)26)20(25)17(6)15(4)11-10-14(3)8-2/h13-15H,5-12H2,1-4H3/b23-20-. The van der Waals surface area contributed by atoms with Crippen LogP contribution >= 0.6 is 0 Å². The lowest BCUT2D eigenvalue weighted by molar-refractivity contribution is 0.350. The van der Waals surface area contributed by atoms with Crippen LogP contribution in [0.1, 0.15) is 64.5 Å². The number of rotatable bonds is 8. The van der Waals surface area contributed by atoms with Crippen molar-refractivity contribution in [1.82, 2.24) is 0 Å². The summed E-state index contributed by atoms with van der Waals surface area (Å²) in [5, 5.41) is 0. The molecular weight excluding hydrogens is 361 g/mol. The van der Waals surface area contributed by atoms with E-state index >= 15 is 4.39 Å². The van der Waals surface area contributed by atoms with E-state index in [2.05, 4.69) is 27.0 Å². The molecule has 2 atom stereocenters. The normalized spacial score (nSPS) is 17.6. The molecule has 1 aliphatic rings. The summed E-state index contributed by atoms with van der Waals surface area (Å²) in [7, 11) is 0. The summed E-state index contributed by atoms with van der Waals surface area (Å²) in [6, 6.07) is 1.60. The van der Waals surface area contributed by atoms with E-state index in [0.717, 1.165) is 19.3 Å². The second-order valence-corrected chi connectivity index (χ2v) is 7.94. The molecule has 1 nitrogen and oxygen atoms in total. The van der Waals surface area contributed by atoms with Crippen LogP contribution in [-0.4, -0.2) is 0 Å². The highest BCUT2D eigenvalue weighted by molar-refractivity contribution is 5.51. The Labute approximate surface area is 167 Å². The largest absolute Gasteiger partial charge is 0.450 e. The summed E-state index contributed by atoms with van der Waals surface area (Å²) in [6.07, 6.45) is 4.21. The second-order valence-electron chi connectivity index (χ2n) is 7.94. The molecule has 0 N–H and O–H groups in total. The molecule has 0 amide bonds. The Hall–Kier alpha value is -1.97. The number of aryl methyl sites for hydroxylation is 1. The van der Waals surface area contributed by atoms with Gasteiger partial charge in [-0.3, -0.25) is 0 Å². The molecule has 0 saturated heterocycles. The number of benzene rings is 1. The number of hydrogen-bond acceptors (Lipinski definition) is 1. The van der Waals surface area contributed by atoms with Crippen LogP contribution in [0.4, 0.5) is 13.2 Å². The minimum Gasteiger partial charge on any atom is -0.450 e. The maximum atomic E-state index is 15.1. The summed E-state index contributed by atoms with van der Waals surface area (Å²) in [6.45, 7) is 15.9. The summed E-state index contributed by atoms with van der Waals surface area (Å²) in [5.74, 6) is -2.49. The first-order valence-corrected chi connectivity index (χ1v) is 10.2. The summed E-state index contributed by atoms with van der Waals surface area (Å²) in [5.41, 5.74) is 1.53. The van der Waals surface area contributed by atoms with E-state index in [1.807, 2.05) is 13.8 Å². The van der Waals surface area contributed by atoms with Gasteiger partial charge in [-0.2, -0.15) is 4.39 Å². The van der Waals surface area contributed by atoms with Crippen LogP contribution in [-0.2, 0) is 12.8 Å². The van der Waals surface area contributed by atoms with E-state index in [0.29, 0.717) is 41.0 Å². The van der Waals surface area contributed by atoms with Crippen LogP contribution < -0.4 is 4.74 Å². The highest BCUT2D eigenvalue weighted by atomic mass is 19.2. The minimum atomic E-state index is -1.06. The first kappa shape index (κ1) is 22.3. The minimum absolute atomic E-state index is 0.0761. The van der Waals surface area contributed by atoms with Crippen LogP contribution in [0.2, 0.25) is 0 Å². The Bertz CT molecular complexity index is 792. The molecule has 0 aromatic heterocycles. The molecule has 0 fully saturated rings. The maximum absolute atomic E-state index is 15.1. The van der Waals surface area contributed by atoms with Crippen molar-refractivity contribution >= 4 is 0 Å². The van der Waals surface area contributed by atoms with E-state index < -0.39 is 17.5 Å². The molecule has 0 radical (unpaired) electrons. The van der Waals surface area contributed by atoms with Gasteiger partial charge >= 0.3 is 0 Å². The molecule has 0 saturated carbocycles. The van der Waals surface area contributed by atoms with E-state index in [9.17, 15) is 8.78 Å². The van der Waals surface area contributed by atoms with E-state index in [4.69, 9.17) is 4.74 Å². The van der Waals surface area contributed by atoms with Crippen LogP contribution in [0.3, 0.4) is 0 Å². The third kappa shape index (κ3) is 4.71. The van der Waals surface area contributed by atoms with Crippen molar-refractivity contribution in [3.05, 3.63) is 64.7 Å². The monoisotopic (exact) mass is 392 g/mol. The van der Waals surface area contributed by atoms with Crippen molar-refractivity contribution in [2.45, 2.75) is 66.2 Å². The molecule has 2 rings (SSSR count).